The molecule has 1 heterocycles. The van der Waals surface area contributed by atoms with Crippen LogP contribution in [-0.2, 0) is 11.8 Å². The molecule has 0 N–H and O–H groups in total. The Balaban J connectivity index is 1.63. The van der Waals surface area contributed by atoms with E-state index < -0.39 is 0 Å². The number of benzene rings is 2. The van der Waals surface area contributed by atoms with Crippen molar-refractivity contribution in [3.05, 3.63) is 71.6 Å². The quantitative estimate of drug-likeness (QED) is 0.560. The highest BCUT2D eigenvalue weighted by Gasteiger charge is 2.11. The maximum Gasteiger partial charge on any atom is 0.226 e. The van der Waals surface area contributed by atoms with Crippen LogP contribution in [0.25, 0.3) is 11.5 Å². The zero-order valence-electron chi connectivity index (χ0n) is 13.0. The molecule has 1 aromatic heterocycles. The lowest BCUT2D eigenvalue weighted by Crippen LogP contribution is -2.03. The summed E-state index contributed by atoms with van der Waals surface area (Å²) in [6.07, 6.45) is 0.723. The molecule has 0 saturated carbocycles. The molecule has 0 aliphatic rings. The van der Waals surface area contributed by atoms with Gasteiger partial charge in [-0.2, -0.15) is 0 Å². The third-order valence-corrected chi connectivity index (χ3v) is 4.22. The predicted octanol–water partition coefficient (Wildman–Crippen LogP) is 5.17. The molecule has 0 saturated heterocycles. The Hall–Kier alpha value is -2.07. The van der Waals surface area contributed by atoms with Crippen LogP contribution in [0.1, 0.15) is 17.0 Å². The summed E-state index contributed by atoms with van der Waals surface area (Å²) < 4.78 is 11.6. The van der Waals surface area contributed by atoms with Crippen LogP contribution in [0.2, 0.25) is 0 Å². The highest BCUT2D eigenvalue weighted by atomic mass is 79.9. The maximum atomic E-state index is 5.82. The highest BCUT2D eigenvalue weighted by Crippen LogP contribution is 2.22. The zero-order valence-corrected chi connectivity index (χ0v) is 14.5. The van der Waals surface area contributed by atoms with Crippen molar-refractivity contribution in [2.45, 2.75) is 18.7 Å². The molecule has 0 spiro atoms. The minimum Gasteiger partial charge on any atom is -0.493 e. The lowest BCUT2D eigenvalue weighted by Gasteiger charge is -2.06. The first kappa shape index (κ1) is 15.8. The first-order valence-corrected chi connectivity index (χ1v) is 8.68. The molecule has 0 unspecified atom stereocenters. The van der Waals surface area contributed by atoms with Crippen molar-refractivity contribution in [2.75, 3.05) is 6.61 Å². The molecule has 0 aliphatic heterocycles. The lowest BCUT2D eigenvalue weighted by molar-refractivity contribution is 0.319. The van der Waals surface area contributed by atoms with E-state index >= 15 is 0 Å². The second kappa shape index (κ2) is 7.47. The molecule has 0 amide bonds. The third kappa shape index (κ3) is 4.02. The van der Waals surface area contributed by atoms with E-state index in [0.717, 1.165) is 34.5 Å². The third-order valence-electron chi connectivity index (χ3n) is 3.57. The molecule has 0 atom stereocenters. The average Bonchev–Trinajstić information content (AvgIpc) is 2.97. The van der Waals surface area contributed by atoms with E-state index in [-0.39, 0.29) is 0 Å². The summed E-state index contributed by atoms with van der Waals surface area (Å²) in [6, 6.07) is 18.0. The van der Waals surface area contributed by atoms with Gasteiger partial charge >= 0.3 is 0 Å². The molecule has 0 aliphatic carbocycles. The number of halogens is 1. The van der Waals surface area contributed by atoms with Gasteiger partial charge in [0, 0.05) is 17.3 Å². The highest BCUT2D eigenvalue weighted by molar-refractivity contribution is 9.08. The van der Waals surface area contributed by atoms with E-state index in [1.807, 2.05) is 55.5 Å². The van der Waals surface area contributed by atoms with Gasteiger partial charge < -0.3 is 9.15 Å². The number of ether oxygens (including phenoxy) is 1. The Labute approximate surface area is 144 Å². The van der Waals surface area contributed by atoms with Crippen molar-refractivity contribution in [1.29, 1.82) is 0 Å². The summed E-state index contributed by atoms with van der Waals surface area (Å²) in [7, 11) is 0. The van der Waals surface area contributed by atoms with Crippen molar-refractivity contribution >= 4 is 15.9 Å². The smallest absolute Gasteiger partial charge is 0.226 e. The molecule has 0 fully saturated rings. The van der Waals surface area contributed by atoms with Gasteiger partial charge in [-0.3, -0.25) is 0 Å². The largest absolute Gasteiger partial charge is 0.493 e. The number of oxazole rings is 1. The second-order valence-corrected chi connectivity index (χ2v) is 5.83. The van der Waals surface area contributed by atoms with E-state index in [4.69, 9.17) is 9.15 Å². The Morgan fingerprint density at radius 2 is 1.91 bits per heavy atom. The Morgan fingerprint density at radius 3 is 2.70 bits per heavy atom. The van der Waals surface area contributed by atoms with Crippen LogP contribution in [0.15, 0.2) is 59.0 Å². The van der Waals surface area contributed by atoms with E-state index in [2.05, 4.69) is 27.0 Å². The molecule has 23 heavy (non-hydrogen) atoms. The first-order chi connectivity index (χ1) is 11.3. The van der Waals surface area contributed by atoms with Crippen LogP contribution in [0, 0.1) is 6.92 Å². The van der Waals surface area contributed by atoms with Gasteiger partial charge in [0.05, 0.1) is 12.3 Å². The van der Waals surface area contributed by atoms with Crippen LogP contribution in [0.5, 0.6) is 5.75 Å². The lowest BCUT2D eigenvalue weighted by atomic mass is 10.2. The summed E-state index contributed by atoms with van der Waals surface area (Å²) in [5.74, 6) is 2.40. The summed E-state index contributed by atoms with van der Waals surface area (Å²) in [5.41, 5.74) is 3.14. The van der Waals surface area contributed by atoms with E-state index in [1.165, 1.54) is 5.56 Å². The van der Waals surface area contributed by atoms with Crippen LogP contribution in [-0.4, -0.2) is 11.6 Å². The molecule has 3 nitrogen and oxygen atoms in total. The number of hydrogen-bond donors (Lipinski definition) is 0. The molecule has 4 heteroatoms. The van der Waals surface area contributed by atoms with Crippen LogP contribution < -0.4 is 4.74 Å². The Bertz CT molecular complexity index is 768. The van der Waals surface area contributed by atoms with Crippen molar-refractivity contribution < 1.29 is 9.15 Å². The molecule has 118 valence electrons. The van der Waals surface area contributed by atoms with Crippen LogP contribution in [0.4, 0.5) is 0 Å². The number of nitrogens with zero attached hydrogens (tertiary/aromatic N) is 1. The van der Waals surface area contributed by atoms with E-state index in [9.17, 15) is 0 Å². The Morgan fingerprint density at radius 1 is 1.09 bits per heavy atom. The van der Waals surface area contributed by atoms with Crippen LogP contribution >= 0.6 is 15.9 Å². The van der Waals surface area contributed by atoms with E-state index in [0.29, 0.717) is 12.5 Å². The van der Waals surface area contributed by atoms with Crippen molar-refractivity contribution in [3.63, 3.8) is 0 Å². The summed E-state index contributed by atoms with van der Waals surface area (Å²) >= 11 is 3.45. The SMILES string of the molecule is Cc1oc(-c2ccccc2)nc1CCOc1cccc(CBr)c1. The van der Waals surface area contributed by atoms with Gasteiger partial charge in [-0.15, -0.1) is 0 Å². The summed E-state index contributed by atoms with van der Waals surface area (Å²) in [4.78, 5) is 4.59. The number of hydrogen-bond acceptors (Lipinski definition) is 3. The fraction of sp³-hybridized carbons (Fsp3) is 0.211. The van der Waals surface area contributed by atoms with E-state index in [1.54, 1.807) is 0 Å². The molecule has 2 aromatic carbocycles. The minimum atomic E-state index is 0.577. The molecule has 3 aromatic rings. The predicted molar refractivity (Wildman–Crippen MR) is 94.9 cm³/mol. The van der Waals surface area contributed by atoms with Crippen LogP contribution in [0.3, 0.4) is 0 Å². The topological polar surface area (TPSA) is 35.3 Å². The van der Waals surface area contributed by atoms with Gasteiger partial charge in [-0.05, 0) is 36.8 Å². The zero-order chi connectivity index (χ0) is 16.1. The number of aryl methyl sites for hydroxylation is 1. The van der Waals surface area contributed by atoms with Gasteiger partial charge in [-0.1, -0.05) is 46.3 Å². The van der Waals surface area contributed by atoms with Gasteiger partial charge in [0.2, 0.25) is 5.89 Å². The van der Waals surface area contributed by atoms with Crippen molar-refractivity contribution in [2.24, 2.45) is 0 Å². The Kier molecular flexibility index (Phi) is 5.13. The number of aromatic nitrogens is 1. The first-order valence-electron chi connectivity index (χ1n) is 7.55. The molecular formula is C19H18BrNO2. The van der Waals surface area contributed by atoms with Crippen molar-refractivity contribution in [3.8, 4) is 17.2 Å². The standard InChI is InChI=1S/C19H18BrNO2/c1-14-18(21-19(23-14)16-7-3-2-4-8-16)10-11-22-17-9-5-6-15(12-17)13-20/h2-9,12H,10-11,13H2,1H3. The second-order valence-electron chi connectivity index (χ2n) is 5.27. The molecule has 0 radical (unpaired) electrons. The van der Waals surface area contributed by atoms with Gasteiger partial charge in [0.1, 0.15) is 11.5 Å². The minimum absolute atomic E-state index is 0.577. The number of alkyl halides is 1. The molecule has 3 rings (SSSR count). The van der Waals surface area contributed by atoms with Gasteiger partial charge in [0.15, 0.2) is 0 Å². The summed E-state index contributed by atoms with van der Waals surface area (Å²) in [6.45, 7) is 2.52. The van der Waals surface area contributed by atoms with Crippen molar-refractivity contribution in [1.82, 2.24) is 4.98 Å². The number of rotatable bonds is 6. The fourth-order valence-electron chi connectivity index (χ4n) is 2.35. The average molecular weight is 372 g/mol. The molecule has 0 bridgehead atoms. The van der Waals surface area contributed by atoms with Gasteiger partial charge in [-0.25, -0.2) is 4.98 Å². The summed E-state index contributed by atoms with van der Waals surface area (Å²) in [5, 5.41) is 0.826. The normalized spacial score (nSPS) is 10.7. The fourth-order valence-corrected chi connectivity index (χ4v) is 2.70. The maximum absolute atomic E-state index is 5.82. The monoisotopic (exact) mass is 371 g/mol. The molecular weight excluding hydrogens is 354 g/mol. The van der Waals surface area contributed by atoms with Gasteiger partial charge in [0.25, 0.3) is 0 Å².